The van der Waals surface area contributed by atoms with Gasteiger partial charge in [-0.05, 0) is 43.3 Å². The van der Waals surface area contributed by atoms with Gasteiger partial charge in [0.05, 0.1) is 11.4 Å². The number of amides is 1. The fourth-order valence-corrected chi connectivity index (χ4v) is 3.22. The zero-order chi connectivity index (χ0) is 22.0. The first-order chi connectivity index (χ1) is 15.0. The van der Waals surface area contributed by atoms with Crippen LogP contribution in [0.15, 0.2) is 77.9 Å². The molecule has 2 aromatic heterocycles. The molecule has 0 unspecified atom stereocenters. The highest BCUT2D eigenvalue weighted by molar-refractivity contribution is 6.05. The van der Waals surface area contributed by atoms with Crippen LogP contribution < -0.4 is 15.6 Å². The predicted octanol–water partition coefficient (Wildman–Crippen LogP) is 4.06. The molecular formula is C23H19FN4O3. The normalized spacial score (nSPS) is 10.7. The fraction of sp³-hybridized carbons (Fsp3) is 0.0870. The average molecular weight is 418 g/mol. The molecule has 8 heteroatoms. The summed E-state index contributed by atoms with van der Waals surface area (Å²) >= 11 is 0. The highest BCUT2D eigenvalue weighted by atomic mass is 19.1. The van der Waals surface area contributed by atoms with Gasteiger partial charge in [0, 0.05) is 31.2 Å². The molecule has 2 aromatic carbocycles. The van der Waals surface area contributed by atoms with Gasteiger partial charge in [0.25, 0.3) is 11.5 Å². The molecule has 0 bridgehead atoms. The van der Waals surface area contributed by atoms with Crippen LogP contribution in [0, 0.1) is 12.7 Å². The lowest BCUT2D eigenvalue weighted by molar-refractivity contribution is 0.102. The number of anilines is 1. The van der Waals surface area contributed by atoms with Gasteiger partial charge in [-0.25, -0.2) is 9.07 Å². The maximum absolute atomic E-state index is 14.5. The second-order valence-electron chi connectivity index (χ2n) is 6.82. The summed E-state index contributed by atoms with van der Waals surface area (Å²) in [5.41, 5.74) is 0.870. The van der Waals surface area contributed by atoms with Gasteiger partial charge in [-0.2, -0.15) is 0 Å². The molecule has 0 aliphatic rings. The third-order valence-corrected chi connectivity index (χ3v) is 4.85. The molecule has 0 radical (unpaired) electrons. The summed E-state index contributed by atoms with van der Waals surface area (Å²) in [7, 11) is 1.70. The minimum absolute atomic E-state index is 0.00604. The smallest absolute Gasteiger partial charge is 0.284 e. The van der Waals surface area contributed by atoms with Crippen molar-refractivity contribution >= 4 is 11.6 Å². The summed E-state index contributed by atoms with van der Waals surface area (Å²) < 4.78 is 23.0. The van der Waals surface area contributed by atoms with Crippen LogP contribution in [0.25, 0.3) is 5.69 Å². The highest BCUT2D eigenvalue weighted by Gasteiger charge is 2.22. The second-order valence-corrected chi connectivity index (χ2v) is 6.82. The number of nitrogens with one attached hydrogen (secondary N) is 1. The molecule has 0 spiro atoms. The van der Waals surface area contributed by atoms with E-state index >= 15 is 0 Å². The molecule has 0 aliphatic carbocycles. The topological polar surface area (TPSA) is 78.2 Å². The lowest BCUT2D eigenvalue weighted by Gasteiger charge is -2.09. The highest BCUT2D eigenvalue weighted by Crippen LogP contribution is 2.26. The number of aromatic nitrogens is 3. The number of halogens is 1. The third-order valence-electron chi connectivity index (χ3n) is 4.85. The van der Waals surface area contributed by atoms with Crippen molar-refractivity contribution < 1.29 is 13.9 Å². The molecule has 0 saturated heterocycles. The molecule has 31 heavy (non-hydrogen) atoms. The number of pyridine rings is 1. The Morgan fingerprint density at radius 2 is 1.77 bits per heavy atom. The van der Waals surface area contributed by atoms with Crippen LogP contribution in [-0.2, 0) is 7.05 Å². The van der Waals surface area contributed by atoms with Gasteiger partial charge < -0.3 is 10.1 Å². The van der Waals surface area contributed by atoms with E-state index in [0.29, 0.717) is 17.1 Å². The number of hydrogen-bond acceptors (Lipinski definition) is 4. The lowest BCUT2D eigenvalue weighted by Crippen LogP contribution is -2.25. The molecule has 7 nitrogen and oxygen atoms in total. The number of nitrogens with zero attached hydrogens (tertiary/aromatic N) is 3. The number of ether oxygens (including phenoxy) is 1. The summed E-state index contributed by atoms with van der Waals surface area (Å²) in [4.78, 5) is 29.7. The SMILES string of the molecule is Cc1c(C(=O)Nc2ccc(Oc3ccncc3)c(F)c2)c(=O)n(-c2ccccc2)n1C. The van der Waals surface area contributed by atoms with E-state index in [1.807, 2.05) is 18.2 Å². The van der Waals surface area contributed by atoms with Crippen LogP contribution in [0.2, 0.25) is 0 Å². The Labute approximate surface area is 177 Å². The van der Waals surface area contributed by atoms with Gasteiger partial charge in [0.15, 0.2) is 11.6 Å². The van der Waals surface area contributed by atoms with Crippen LogP contribution in [0.1, 0.15) is 16.1 Å². The number of benzene rings is 2. The van der Waals surface area contributed by atoms with E-state index in [-0.39, 0.29) is 17.0 Å². The minimum Gasteiger partial charge on any atom is -0.454 e. The van der Waals surface area contributed by atoms with Crippen molar-refractivity contribution in [2.45, 2.75) is 6.92 Å². The average Bonchev–Trinajstić information content (AvgIpc) is 2.99. The van der Waals surface area contributed by atoms with Gasteiger partial charge >= 0.3 is 0 Å². The Hall–Kier alpha value is -4.20. The summed E-state index contributed by atoms with van der Waals surface area (Å²) in [6, 6.07) is 16.3. The number of para-hydroxylation sites is 1. The second kappa shape index (κ2) is 8.27. The fourth-order valence-electron chi connectivity index (χ4n) is 3.22. The number of rotatable bonds is 5. The Balaban J connectivity index is 1.59. The lowest BCUT2D eigenvalue weighted by atomic mass is 10.2. The van der Waals surface area contributed by atoms with Crippen LogP contribution in [0.3, 0.4) is 0 Å². The molecule has 0 atom stereocenters. The maximum atomic E-state index is 14.5. The molecule has 4 rings (SSSR count). The summed E-state index contributed by atoms with van der Waals surface area (Å²) in [5, 5.41) is 2.59. The first-order valence-electron chi connectivity index (χ1n) is 9.48. The van der Waals surface area contributed by atoms with Crippen molar-refractivity contribution in [2.75, 3.05) is 5.32 Å². The molecular weight excluding hydrogens is 399 g/mol. The molecule has 0 fully saturated rings. The van der Waals surface area contributed by atoms with Crippen LogP contribution in [0.4, 0.5) is 10.1 Å². The van der Waals surface area contributed by atoms with E-state index in [9.17, 15) is 14.0 Å². The monoisotopic (exact) mass is 418 g/mol. The molecule has 2 heterocycles. The first-order valence-corrected chi connectivity index (χ1v) is 9.48. The quantitative estimate of drug-likeness (QED) is 0.530. The van der Waals surface area contributed by atoms with Gasteiger partial charge in [-0.3, -0.25) is 19.3 Å². The van der Waals surface area contributed by atoms with Crippen molar-refractivity contribution in [1.82, 2.24) is 14.3 Å². The van der Waals surface area contributed by atoms with E-state index < -0.39 is 17.3 Å². The van der Waals surface area contributed by atoms with Crippen LogP contribution >= 0.6 is 0 Å². The van der Waals surface area contributed by atoms with Crippen molar-refractivity contribution in [3.8, 4) is 17.2 Å². The van der Waals surface area contributed by atoms with Crippen molar-refractivity contribution in [3.05, 3.63) is 100 Å². The number of carbonyl (C=O) groups excluding carboxylic acids is 1. The Morgan fingerprint density at radius 1 is 1.06 bits per heavy atom. The third kappa shape index (κ3) is 3.95. The first kappa shape index (κ1) is 20.1. The zero-order valence-electron chi connectivity index (χ0n) is 16.9. The number of hydrogen-bond donors (Lipinski definition) is 1. The minimum atomic E-state index is -0.652. The van der Waals surface area contributed by atoms with Crippen LogP contribution in [-0.4, -0.2) is 20.3 Å². The van der Waals surface area contributed by atoms with Gasteiger partial charge in [-0.1, -0.05) is 18.2 Å². The predicted molar refractivity (Wildman–Crippen MR) is 114 cm³/mol. The maximum Gasteiger partial charge on any atom is 0.284 e. The zero-order valence-corrected chi connectivity index (χ0v) is 16.9. The molecule has 1 amide bonds. The van der Waals surface area contributed by atoms with Gasteiger partial charge in [0.1, 0.15) is 11.3 Å². The van der Waals surface area contributed by atoms with E-state index in [2.05, 4.69) is 10.3 Å². The van der Waals surface area contributed by atoms with Crippen molar-refractivity contribution in [1.29, 1.82) is 0 Å². The van der Waals surface area contributed by atoms with E-state index in [1.165, 1.54) is 29.2 Å². The molecule has 4 aromatic rings. The Kier molecular flexibility index (Phi) is 5.36. The van der Waals surface area contributed by atoms with Crippen molar-refractivity contribution in [2.24, 2.45) is 7.05 Å². The van der Waals surface area contributed by atoms with Crippen LogP contribution in [0.5, 0.6) is 11.5 Å². The summed E-state index contributed by atoms with van der Waals surface area (Å²) in [5.74, 6) is -0.824. The molecule has 156 valence electrons. The largest absolute Gasteiger partial charge is 0.454 e. The van der Waals surface area contributed by atoms with E-state index in [4.69, 9.17) is 4.74 Å². The van der Waals surface area contributed by atoms with Crippen molar-refractivity contribution in [3.63, 3.8) is 0 Å². The van der Waals surface area contributed by atoms with Gasteiger partial charge in [-0.15, -0.1) is 0 Å². The molecule has 1 N–H and O–H groups in total. The molecule has 0 aliphatic heterocycles. The summed E-state index contributed by atoms with van der Waals surface area (Å²) in [6.45, 7) is 1.68. The Bertz CT molecular complexity index is 1300. The van der Waals surface area contributed by atoms with E-state index in [0.717, 1.165) is 6.07 Å². The Morgan fingerprint density at radius 3 is 2.45 bits per heavy atom. The number of carbonyl (C=O) groups is 1. The standard InChI is InChI=1S/C23H19FN4O3/c1-15-21(23(30)28(27(15)2)17-6-4-3-5-7-17)22(29)26-16-8-9-20(19(24)14-16)31-18-10-12-25-13-11-18/h3-14H,1-2H3,(H,26,29). The molecule has 0 saturated carbocycles. The van der Waals surface area contributed by atoms with E-state index in [1.54, 1.807) is 42.9 Å². The van der Waals surface area contributed by atoms with Gasteiger partial charge in [0.2, 0.25) is 0 Å². The summed E-state index contributed by atoms with van der Waals surface area (Å²) in [6.07, 6.45) is 3.07.